The van der Waals surface area contributed by atoms with Crippen LogP contribution in [0.1, 0.15) is 10.4 Å². The van der Waals surface area contributed by atoms with E-state index in [-0.39, 0.29) is 10.5 Å². The van der Waals surface area contributed by atoms with Crippen LogP contribution in [-0.4, -0.2) is 45.3 Å². The lowest BCUT2D eigenvalue weighted by atomic mass is 10.2. The number of hydrogen-bond acceptors (Lipinski definition) is 5. The number of nitrogens with zero attached hydrogens (tertiary/aromatic N) is 1. The largest absolute Gasteiger partial charge is 0.452 e. The molecule has 1 aromatic rings. The van der Waals surface area contributed by atoms with Crippen molar-refractivity contribution in [3.8, 4) is 0 Å². The maximum atomic E-state index is 11.8. The minimum Gasteiger partial charge on any atom is -0.452 e. The highest BCUT2D eigenvalue weighted by Crippen LogP contribution is 2.14. The van der Waals surface area contributed by atoms with Crippen LogP contribution in [0.4, 0.5) is 0 Å². The Morgan fingerprint density at radius 2 is 1.74 bits per heavy atom. The first-order chi connectivity index (χ1) is 8.75. The molecule has 19 heavy (non-hydrogen) atoms. The Balaban J connectivity index is 2.88. The molecule has 0 spiro atoms. The summed E-state index contributed by atoms with van der Waals surface area (Å²) in [5.41, 5.74) is 4.97. The van der Waals surface area contributed by atoms with Gasteiger partial charge in [-0.3, -0.25) is 4.79 Å². The zero-order chi connectivity index (χ0) is 14.6. The van der Waals surface area contributed by atoms with E-state index in [0.29, 0.717) is 0 Å². The third-order valence-corrected chi connectivity index (χ3v) is 4.04. The average Bonchev–Trinajstić information content (AvgIpc) is 2.35. The lowest BCUT2D eigenvalue weighted by Crippen LogP contribution is -2.22. The molecule has 0 saturated carbocycles. The topological polar surface area (TPSA) is 107 Å². The van der Waals surface area contributed by atoms with Crippen molar-refractivity contribution in [3.63, 3.8) is 0 Å². The summed E-state index contributed by atoms with van der Waals surface area (Å²) in [5.74, 6) is -1.51. The number of amides is 1. The standard InChI is InChI=1S/C11H14N2O5S/c1-13(2)19(16,17)9-5-3-8(4-6-9)11(15)18-7-10(12)14/h3-6H,7H2,1-2H3,(H2,12,14). The van der Waals surface area contributed by atoms with Crippen molar-refractivity contribution < 1.29 is 22.7 Å². The van der Waals surface area contributed by atoms with E-state index >= 15 is 0 Å². The number of carbonyl (C=O) groups excluding carboxylic acids is 2. The number of esters is 1. The molecule has 8 heteroatoms. The summed E-state index contributed by atoms with van der Waals surface area (Å²) < 4.78 is 29.2. The number of sulfonamides is 1. The van der Waals surface area contributed by atoms with E-state index in [1.807, 2.05) is 0 Å². The lowest BCUT2D eigenvalue weighted by molar-refractivity contribution is -0.121. The van der Waals surface area contributed by atoms with Crippen LogP contribution < -0.4 is 5.73 Å². The monoisotopic (exact) mass is 286 g/mol. The van der Waals surface area contributed by atoms with E-state index in [1.54, 1.807) is 0 Å². The number of nitrogens with two attached hydrogens (primary N) is 1. The number of rotatable bonds is 5. The van der Waals surface area contributed by atoms with Gasteiger partial charge in [-0.2, -0.15) is 0 Å². The van der Waals surface area contributed by atoms with Gasteiger partial charge in [-0.1, -0.05) is 0 Å². The summed E-state index contributed by atoms with van der Waals surface area (Å²) in [4.78, 5) is 22.0. The molecule has 0 fully saturated rings. The smallest absolute Gasteiger partial charge is 0.338 e. The SMILES string of the molecule is CN(C)S(=O)(=O)c1ccc(C(=O)OCC(N)=O)cc1. The Morgan fingerprint density at radius 3 is 2.16 bits per heavy atom. The van der Waals surface area contributed by atoms with Crippen molar-refractivity contribution in [2.45, 2.75) is 4.90 Å². The minimum absolute atomic E-state index is 0.0592. The predicted octanol–water partition coefficient (Wildman–Crippen LogP) is -0.421. The quantitative estimate of drug-likeness (QED) is 0.740. The Morgan fingerprint density at radius 1 is 1.21 bits per heavy atom. The summed E-state index contributed by atoms with van der Waals surface area (Å²) in [7, 11) is -0.724. The second-order valence-electron chi connectivity index (χ2n) is 3.85. The molecule has 1 rings (SSSR count). The third kappa shape index (κ3) is 3.76. The van der Waals surface area contributed by atoms with Crippen LogP contribution in [0.5, 0.6) is 0 Å². The molecule has 7 nitrogen and oxygen atoms in total. The second kappa shape index (κ2) is 5.81. The predicted molar refractivity (Wildman–Crippen MR) is 66.8 cm³/mol. The van der Waals surface area contributed by atoms with Crippen LogP contribution in [0.3, 0.4) is 0 Å². The fraction of sp³-hybridized carbons (Fsp3) is 0.273. The molecule has 0 aliphatic carbocycles. The molecule has 0 radical (unpaired) electrons. The molecule has 0 aliphatic rings. The van der Waals surface area contributed by atoms with Crippen LogP contribution in [0.2, 0.25) is 0 Å². The second-order valence-corrected chi connectivity index (χ2v) is 6.01. The van der Waals surface area contributed by atoms with Crippen molar-refractivity contribution in [3.05, 3.63) is 29.8 Å². The van der Waals surface area contributed by atoms with Gasteiger partial charge in [0.15, 0.2) is 6.61 Å². The molecular formula is C11H14N2O5S. The van der Waals surface area contributed by atoms with Crippen molar-refractivity contribution in [2.75, 3.05) is 20.7 Å². The highest BCUT2D eigenvalue weighted by atomic mass is 32.2. The first-order valence-electron chi connectivity index (χ1n) is 5.23. The number of benzene rings is 1. The van der Waals surface area contributed by atoms with Crippen molar-refractivity contribution in [1.82, 2.24) is 4.31 Å². The highest BCUT2D eigenvalue weighted by Gasteiger charge is 2.17. The molecule has 0 saturated heterocycles. The van der Waals surface area contributed by atoms with E-state index < -0.39 is 28.5 Å². The van der Waals surface area contributed by atoms with E-state index in [4.69, 9.17) is 5.73 Å². The normalized spacial score (nSPS) is 11.3. The lowest BCUT2D eigenvalue weighted by Gasteiger charge is -2.11. The number of ether oxygens (including phenoxy) is 1. The average molecular weight is 286 g/mol. The summed E-state index contributed by atoms with van der Waals surface area (Å²) in [6.45, 7) is -0.517. The Kier molecular flexibility index (Phi) is 4.62. The minimum atomic E-state index is -3.54. The van der Waals surface area contributed by atoms with Gasteiger partial charge in [0, 0.05) is 14.1 Å². The molecule has 0 aliphatic heterocycles. The Hall–Kier alpha value is -1.93. The van der Waals surface area contributed by atoms with Crippen molar-refractivity contribution in [2.24, 2.45) is 5.73 Å². The maximum Gasteiger partial charge on any atom is 0.338 e. The van der Waals surface area contributed by atoms with Crippen molar-refractivity contribution >= 4 is 21.9 Å². The van der Waals surface area contributed by atoms with Crippen LogP contribution in [0, 0.1) is 0 Å². The number of hydrogen-bond donors (Lipinski definition) is 1. The van der Waals surface area contributed by atoms with Crippen LogP contribution >= 0.6 is 0 Å². The molecular weight excluding hydrogens is 272 g/mol. The molecule has 0 aromatic heterocycles. The van der Waals surface area contributed by atoms with Gasteiger partial charge in [0.25, 0.3) is 5.91 Å². The molecule has 1 amide bonds. The summed E-state index contributed by atoms with van der Waals surface area (Å²) in [5, 5.41) is 0. The van der Waals surface area contributed by atoms with Gasteiger partial charge in [-0.15, -0.1) is 0 Å². The first kappa shape index (κ1) is 15.1. The maximum absolute atomic E-state index is 11.8. The molecule has 0 unspecified atom stereocenters. The van der Waals surface area contributed by atoms with Gasteiger partial charge < -0.3 is 10.5 Å². The fourth-order valence-electron chi connectivity index (χ4n) is 1.19. The van der Waals surface area contributed by atoms with Gasteiger partial charge in [0.05, 0.1) is 10.5 Å². The summed E-state index contributed by atoms with van der Waals surface area (Å²) in [6.07, 6.45) is 0. The van der Waals surface area contributed by atoms with E-state index in [2.05, 4.69) is 4.74 Å². The van der Waals surface area contributed by atoms with Gasteiger partial charge in [-0.25, -0.2) is 17.5 Å². The molecule has 104 valence electrons. The van der Waals surface area contributed by atoms with Gasteiger partial charge in [0.2, 0.25) is 10.0 Å². The molecule has 0 heterocycles. The number of primary amides is 1. The van der Waals surface area contributed by atoms with Crippen LogP contribution in [-0.2, 0) is 19.6 Å². The van der Waals surface area contributed by atoms with E-state index in [1.165, 1.54) is 38.4 Å². The molecule has 1 aromatic carbocycles. The summed E-state index contributed by atoms with van der Waals surface area (Å²) >= 11 is 0. The highest BCUT2D eigenvalue weighted by molar-refractivity contribution is 7.89. The van der Waals surface area contributed by atoms with Crippen LogP contribution in [0.15, 0.2) is 29.2 Å². The van der Waals surface area contributed by atoms with Crippen LogP contribution in [0.25, 0.3) is 0 Å². The zero-order valence-corrected chi connectivity index (χ0v) is 11.3. The van der Waals surface area contributed by atoms with Crippen molar-refractivity contribution in [1.29, 1.82) is 0 Å². The molecule has 0 atom stereocenters. The zero-order valence-electron chi connectivity index (χ0n) is 10.5. The fourth-order valence-corrected chi connectivity index (χ4v) is 2.10. The third-order valence-electron chi connectivity index (χ3n) is 2.21. The Bertz CT molecular complexity index is 578. The Labute approximate surface area is 111 Å². The number of carbonyl (C=O) groups is 2. The van der Waals surface area contributed by atoms with E-state index in [0.717, 1.165) is 4.31 Å². The van der Waals surface area contributed by atoms with E-state index in [9.17, 15) is 18.0 Å². The summed E-state index contributed by atoms with van der Waals surface area (Å²) in [6, 6.07) is 5.19. The molecule has 2 N–H and O–H groups in total. The first-order valence-corrected chi connectivity index (χ1v) is 6.67. The van der Waals surface area contributed by atoms with Gasteiger partial charge in [-0.05, 0) is 24.3 Å². The van der Waals surface area contributed by atoms with Gasteiger partial charge >= 0.3 is 5.97 Å². The van der Waals surface area contributed by atoms with Gasteiger partial charge in [0.1, 0.15) is 0 Å². The molecule has 0 bridgehead atoms.